The van der Waals surface area contributed by atoms with Crippen LogP contribution in [0, 0.1) is 0 Å². The summed E-state index contributed by atoms with van der Waals surface area (Å²) in [6.45, 7) is 2.21. The predicted molar refractivity (Wildman–Crippen MR) is 60.2 cm³/mol. The highest BCUT2D eigenvalue weighted by Crippen LogP contribution is 2.14. The second-order valence-corrected chi connectivity index (χ2v) is 3.96. The van der Waals surface area contributed by atoms with Crippen molar-refractivity contribution in [3.8, 4) is 0 Å². The molecule has 0 saturated heterocycles. The molecule has 13 heavy (non-hydrogen) atoms. The van der Waals surface area contributed by atoms with Crippen molar-refractivity contribution in [2.75, 3.05) is 18.1 Å². The van der Waals surface area contributed by atoms with E-state index in [9.17, 15) is 0 Å². The fourth-order valence-electron chi connectivity index (χ4n) is 1.04. The van der Waals surface area contributed by atoms with E-state index >= 15 is 0 Å². The quantitative estimate of drug-likeness (QED) is 0.733. The van der Waals surface area contributed by atoms with Crippen molar-refractivity contribution in [3.63, 3.8) is 0 Å². The second kappa shape index (κ2) is 5.86. The molecule has 0 aliphatic heterocycles. The molecular formula is C10H16N2S. The molecule has 1 aromatic rings. The van der Waals surface area contributed by atoms with Gasteiger partial charge in [0.2, 0.25) is 0 Å². The first-order valence-electron chi connectivity index (χ1n) is 4.57. The Bertz CT molecular complexity index is 250. The van der Waals surface area contributed by atoms with E-state index in [2.05, 4.69) is 29.4 Å². The van der Waals surface area contributed by atoms with Gasteiger partial charge in [0.25, 0.3) is 0 Å². The van der Waals surface area contributed by atoms with Gasteiger partial charge >= 0.3 is 0 Å². The Labute approximate surface area is 84.1 Å². The average Bonchev–Trinajstić information content (AvgIpc) is 2.19. The smallest absolute Gasteiger partial charge is 0.125 e. The highest BCUT2D eigenvalue weighted by atomic mass is 32.2. The fraction of sp³-hybridized carbons (Fsp3) is 0.500. The minimum absolute atomic E-state index is 0.953. The summed E-state index contributed by atoms with van der Waals surface area (Å²) in [4.78, 5) is 4.17. The molecule has 2 nitrogen and oxygen atoms in total. The lowest BCUT2D eigenvalue weighted by molar-refractivity contribution is 1.10. The van der Waals surface area contributed by atoms with E-state index in [-0.39, 0.29) is 0 Å². The molecule has 0 unspecified atom stereocenters. The van der Waals surface area contributed by atoms with Crippen LogP contribution in [0.5, 0.6) is 0 Å². The van der Waals surface area contributed by atoms with Gasteiger partial charge in [0.05, 0.1) is 0 Å². The lowest BCUT2D eigenvalue weighted by Crippen LogP contribution is -1.92. The van der Waals surface area contributed by atoms with Crippen molar-refractivity contribution < 1.29 is 0 Å². The maximum Gasteiger partial charge on any atom is 0.125 e. The number of hydrogen-bond donors (Lipinski definition) is 1. The maximum atomic E-state index is 4.17. The van der Waals surface area contributed by atoms with E-state index in [1.165, 1.54) is 17.7 Å². The summed E-state index contributed by atoms with van der Waals surface area (Å²) < 4.78 is 0. The van der Waals surface area contributed by atoms with E-state index in [4.69, 9.17) is 0 Å². The Hall–Kier alpha value is -0.700. The molecule has 1 aromatic heterocycles. The summed E-state index contributed by atoms with van der Waals surface area (Å²) in [5.41, 5.74) is 1.35. The van der Waals surface area contributed by atoms with Gasteiger partial charge in [-0.2, -0.15) is 11.8 Å². The maximum absolute atomic E-state index is 4.17. The van der Waals surface area contributed by atoms with E-state index in [1.807, 2.05) is 25.0 Å². The van der Waals surface area contributed by atoms with Crippen LogP contribution in [0.3, 0.4) is 0 Å². The van der Waals surface area contributed by atoms with Gasteiger partial charge in [-0.05, 0) is 29.9 Å². The SMILES string of the molecule is CCCSCc1ccnc(NC)c1. The van der Waals surface area contributed by atoms with Crippen LogP contribution >= 0.6 is 11.8 Å². The van der Waals surface area contributed by atoms with Crippen LogP contribution in [-0.2, 0) is 5.75 Å². The summed E-state index contributed by atoms with van der Waals surface area (Å²) in [5.74, 6) is 3.28. The van der Waals surface area contributed by atoms with Crippen LogP contribution in [0.2, 0.25) is 0 Å². The first-order chi connectivity index (χ1) is 6.36. The van der Waals surface area contributed by atoms with Crippen molar-refractivity contribution in [2.24, 2.45) is 0 Å². The molecule has 0 spiro atoms. The lowest BCUT2D eigenvalue weighted by atomic mass is 10.3. The first kappa shape index (κ1) is 10.4. The van der Waals surface area contributed by atoms with Crippen LogP contribution in [0.25, 0.3) is 0 Å². The van der Waals surface area contributed by atoms with Crippen molar-refractivity contribution in [3.05, 3.63) is 23.9 Å². The van der Waals surface area contributed by atoms with Gasteiger partial charge in [0, 0.05) is 19.0 Å². The van der Waals surface area contributed by atoms with Gasteiger partial charge < -0.3 is 5.32 Å². The topological polar surface area (TPSA) is 24.9 Å². The Morgan fingerprint density at radius 3 is 3.08 bits per heavy atom. The number of aromatic nitrogens is 1. The molecule has 3 heteroatoms. The summed E-state index contributed by atoms with van der Waals surface area (Å²) in [7, 11) is 1.89. The number of anilines is 1. The van der Waals surface area contributed by atoms with Crippen LogP contribution in [0.15, 0.2) is 18.3 Å². The minimum atomic E-state index is 0.953. The van der Waals surface area contributed by atoms with Crippen LogP contribution in [0.1, 0.15) is 18.9 Å². The molecule has 0 fully saturated rings. The molecule has 0 aliphatic carbocycles. The zero-order chi connectivity index (χ0) is 9.52. The van der Waals surface area contributed by atoms with Crippen molar-refractivity contribution in [1.29, 1.82) is 0 Å². The second-order valence-electron chi connectivity index (χ2n) is 2.85. The number of thioether (sulfide) groups is 1. The standard InChI is InChI=1S/C10H16N2S/c1-3-6-13-8-9-4-5-12-10(7-9)11-2/h4-5,7H,3,6,8H2,1-2H3,(H,11,12). The molecule has 72 valence electrons. The Morgan fingerprint density at radius 1 is 1.54 bits per heavy atom. The van der Waals surface area contributed by atoms with Gasteiger partial charge in [-0.3, -0.25) is 0 Å². The summed E-state index contributed by atoms with van der Waals surface area (Å²) in [6, 6.07) is 4.17. The van der Waals surface area contributed by atoms with E-state index in [0.717, 1.165) is 11.6 Å². The van der Waals surface area contributed by atoms with Gasteiger partial charge in [0.1, 0.15) is 5.82 Å². The molecule has 1 rings (SSSR count). The normalized spacial score (nSPS) is 10.0. The predicted octanol–water partition coefficient (Wildman–Crippen LogP) is 2.77. The molecule has 0 amide bonds. The molecule has 1 N–H and O–H groups in total. The Morgan fingerprint density at radius 2 is 2.38 bits per heavy atom. The summed E-state index contributed by atoms with van der Waals surface area (Å²) >= 11 is 1.97. The molecule has 0 radical (unpaired) electrons. The van der Waals surface area contributed by atoms with Crippen molar-refractivity contribution >= 4 is 17.6 Å². The largest absolute Gasteiger partial charge is 0.373 e. The fourth-order valence-corrected chi connectivity index (χ4v) is 1.88. The Kier molecular flexibility index (Phi) is 4.68. The van der Waals surface area contributed by atoms with E-state index < -0.39 is 0 Å². The van der Waals surface area contributed by atoms with Gasteiger partial charge in [-0.25, -0.2) is 4.98 Å². The third-order valence-electron chi connectivity index (χ3n) is 1.70. The molecular weight excluding hydrogens is 180 g/mol. The molecule has 0 aliphatic rings. The molecule has 0 atom stereocenters. The third-order valence-corrected chi connectivity index (χ3v) is 2.93. The molecule has 0 saturated carbocycles. The number of rotatable bonds is 5. The zero-order valence-corrected chi connectivity index (χ0v) is 9.03. The Balaban J connectivity index is 2.46. The van der Waals surface area contributed by atoms with Crippen molar-refractivity contribution in [2.45, 2.75) is 19.1 Å². The lowest BCUT2D eigenvalue weighted by Gasteiger charge is -2.02. The molecule has 0 bridgehead atoms. The number of nitrogens with one attached hydrogen (secondary N) is 1. The summed E-state index contributed by atoms with van der Waals surface area (Å²) in [5, 5.41) is 3.04. The van der Waals surface area contributed by atoms with E-state index in [0.29, 0.717) is 0 Å². The van der Waals surface area contributed by atoms with Gasteiger partial charge in [-0.15, -0.1) is 0 Å². The summed E-state index contributed by atoms with van der Waals surface area (Å²) in [6.07, 6.45) is 3.10. The number of nitrogens with zero attached hydrogens (tertiary/aromatic N) is 1. The van der Waals surface area contributed by atoms with Gasteiger partial charge in [0.15, 0.2) is 0 Å². The van der Waals surface area contributed by atoms with Crippen LogP contribution in [0.4, 0.5) is 5.82 Å². The highest BCUT2D eigenvalue weighted by Gasteiger charge is 1.95. The third kappa shape index (κ3) is 3.68. The van der Waals surface area contributed by atoms with Gasteiger partial charge in [-0.1, -0.05) is 6.92 Å². The van der Waals surface area contributed by atoms with Crippen LogP contribution < -0.4 is 5.32 Å². The van der Waals surface area contributed by atoms with Crippen molar-refractivity contribution in [1.82, 2.24) is 4.98 Å². The van der Waals surface area contributed by atoms with Crippen LogP contribution in [-0.4, -0.2) is 17.8 Å². The van der Waals surface area contributed by atoms with E-state index in [1.54, 1.807) is 0 Å². The molecule has 0 aromatic carbocycles. The minimum Gasteiger partial charge on any atom is -0.373 e. The first-order valence-corrected chi connectivity index (χ1v) is 5.72. The number of hydrogen-bond acceptors (Lipinski definition) is 3. The number of pyridine rings is 1. The molecule has 1 heterocycles. The average molecular weight is 196 g/mol. The zero-order valence-electron chi connectivity index (χ0n) is 8.21. The highest BCUT2D eigenvalue weighted by molar-refractivity contribution is 7.98. The monoisotopic (exact) mass is 196 g/mol.